The van der Waals surface area contributed by atoms with E-state index < -0.39 is 5.97 Å². The number of benzene rings is 1. The minimum atomic E-state index is -1.02. The Morgan fingerprint density at radius 1 is 1.45 bits per heavy atom. The van der Waals surface area contributed by atoms with Crippen LogP contribution in [0.5, 0.6) is 0 Å². The largest absolute Gasteiger partial charge is 0.478 e. The number of hydrogen-bond donors (Lipinski definition) is 2. The van der Waals surface area contributed by atoms with Crippen molar-refractivity contribution in [2.24, 2.45) is 11.8 Å². The van der Waals surface area contributed by atoms with Crippen molar-refractivity contribution >= 4 is 23.3 Å². The van der Waals surface area contributed by atoms with Crippen LogP contribution < -0.4 is 10.6 Å². The maximum absolute atomic E-state index is 12.5. The van der Waals surface area contributed by atoms with E-state index in [9.17, 15) is 9.59 Å². The van der Waals surface area contributed by atoms with Crippen LogP contribution in [0.4, 0.5) is 11.4 Å². The molecule has 0 aliphatic heterocycles. The molecule has 0 bridgehead atoms. The van der Waals surface area contributed by atoms with Gasteiger partial charge in [-0.05, 0) is 43.9 Å². The van der Waals surface area contributed by atoms with Gasteiger partial charge in [0.15, 0.2) is 0 Å². The summed E-state index contributed by atoms with van der Waals surface area (Å²) in [5.41, 5.74) is 6.95. The van der Waals surface area contributed by atoms with Gasteiger partial charge >= 0.3 is 5.97 Å². The molecule has 20 heavy (non-hydrogen) atoms. The molecule has 1 aliphatic rings. The first kappa shape index (κ1) is 14.4. The van der Waals surface area contributed by atoms with Crippen molar-refractivity contribution in [3.05, 3.63) is 23.8 Å². The molecule has 1 aliphatic carbocycles. The summed E-state index contributed by atoms with van der Waals surface area (Å²) >= 11 is 0. The predicted molar refractivity (Wildman–Crippen MR) is 77.7 cm³/mol. The first-order valence-corrected chi connectivity index (χ1v) is 6.89. The smallest absolute Gasteiger partial charge is 0.335 e. The summed E-state index contributed by atoms with van der Waals surface area (Å²) < 4.78 is 0. The summed E-state index contributed by atoms with van der Waals surface area (Å²) in [5.74, 6) is -0.488. The molecular formula is C15H20N2O3. The summed E-state index contributed by atoms with van der Waals surface area (Å²) in [6.45, 7) is 4.36. The Labute approximate surface area is 118 Å². The van der Waals surface area contributed by atoms with Gasteiger partial charge in [0.2, 0.25) is 5.91 Å². The Hall–Kier alpha value is -2.04. The molecule has 1 aromatic rings. The summed E-state index contributed by atoms with van der Waals surface area (Å²) in [6.07, 6.45) is 2.22. The highest BCUT2D eigenvalue weighted by atomic mass is 16.4. The number of amides is 1. The molecule has 1 saturated carbocycles. The average molecular weight is 276 g/mol. The van der Waals surface area contributed by atoms with Crippen molar-refractivity contribution in [1.82, 2.24) is 0 Å². The van der Waals surface area contributed by atoms with Crippen molar-refractivity contribution in [2.45, 2.75) is 26.7 Å². The molecule has 1 unspecified atom stereocenters. The molecule has 0 aromatic heterocycles. The molecule has 0 spiro atoms. The molecule has 108 valence electrons. The fraction of sp³-hybridized carbons (Fsp3) is 0.467. The molecule has 1 amide bonds. The van der Waals surface area contributed by atoms with Gasteiger partial charge in [-0.1, -0.05) is 6.92 Å². The number of nitrogen functional groups attached to an aromatic ring is 1. The van der Waals surface area contributed by atoms with E-state index in [1.807, 2.05) is 13.8 Å². The standard InChI is InChI=1S/C15H20N2O3/c1-3-17(14(18)9(2)10-4-5-10)13-7-6-11(15(19)20)8-12(13)16/h6-10H,3-5,16H2,1-2H3,(H,19,20). The number of carboxylic acids is 1. The number of rotatable bonds is 5. The number of nitrogens with two attached hydrogens (primary N) is 1. The van der Waals surface area contributed by atoms with Crippen molar-refractivity contribution in [2.75, 3.05) is 17.2 Å². The molecule has 0 heterocycles. The molecule has 1 aromatic carbocycles. The third-order valence-electron chi connectivity index (χ3n) is 3.87. The van der Waals surface area contributed by atoms with Gasteiger partial charge < -0.3 is 15.7 Å². The van der Waals surface area contributed by atoms with E-state index in [0.717, 1.165) is 12.8 Å². The highest BCUT2D eigenvalue weighted by Crippen LogP contribution is 2.38. The fourth-order valence-electron chi connectivity index (χ4n) is 2.42. The van der Waals surface area contributed by atoms with Gasteiger partial charge in [-0.2, -0.15) is 0 Å². The van der Waals surface area contributed by atoms with Crippen LogP contribution >= 0.6 is 0 Å². The molecule has 3 N–H and O–H groups in total. The average Bonchev–Trinajstić information content (AvgIpc) is 3.24. The Morgan fingerprint density at radius 3 is 2.55 bits per heavy atom. The van der Waals surface area contributed by atoms with Crippen LogP contribution in [0.15, 0.2) is 18.2 Å². The van der Waals surface area contributed by atoms with Crippen molar-refractivity contribution in [3.63, 3.8) is 0 Å². The van der Waals surface area contributed by atoms with Gasteiger partial charge in [0, 0.05) is 12.5 Å². The molecule has 1 fully saturated rings. The number of nitrogens with zero attached hydrogens (tertiary/aromatic N) is 1. The van der Waals surface area contributed by atoms with E-state index in [-0.39, 0.29) is 17.4 Å². The molecular weight excluding hydrogens is 256 g/mol. The molecule has 2 rings (SSSR count). The monoisotopic (exact) mass is 276 g/mol. The number of aromatic carboxylic acids is 1. The van der Waals surface area contributed by atoms with Gasteiger partial charge in [0.25, 0.3) is 0 Å². The lowest BCUT2D eigenvalue weighted by atomic mass is 10.0. The Bertz CT molecular complexity index is 538. The van der Waals surface area contributed by atoms with Crippen molar-refractivity contribution in [3.8, 4) is 0 Å². The van der Waals surface area contributed by atoms with Crippen LogP contribution in [0.3, 0.4) is 0 Å². The Balaban J connectivity index is 2.26. The van der Waals surface area contributed by atoms with Gasteiger partial charge in [0.1, 0.15) is 0 Å². The van der Waals surface area contributed by atoms with Gasteiger partial charge in [-0.3, -0.25) is 4.79 Å². The number of carbonyl (C=O) groups excluding carboxylic acids is 1. The maximum Gasteiger partial charge on any atom is 0.335 e. The lowest BCUT2D eigenvalue weighted by Crippen LogP contribution is -2.36. The van der Waals surface area contributed by atoms with Crippen molar-refractivity contribution in [1.29, 1.82) is 0 Å². The van der Waals surface area contributed by atoms with E-state index >= 15 is 0 Å². The summed E-state index contributed by atoms with van der Waals surface area (Å²) in [5, 5.41) is 8.94. The minimum absolute atomic E-state index is 0.00602. The third kappa shape index (κ3) is 2.76. The van der Waals surface area contributed by atoms with E-state index in [1.165, 1.54) is 12.1 Å². The second-order valence-corrected chi connectivity index (χ2v) is 5.29. The van der Waals surface area contributed by atoms with Gasteiger partial charge in [0.05, 0.1) is 16.9 Å². The molecule has 5 heteroatoms. The maximum atomic E-state index is 12.5. The van der Waals surface area contributed by atoms with Crippen LogP contribution in [0.2, 0.25) is 0 Å². The minimum Gasteiger partial charge on any atom is -0.478 e. The predicted octanol–water partition coefficient (Wildman–Crippen LogP) is 2.37. The zero-order valence-electron chi connectivity index (χ0n) is 11.8. The third-order valence-corrected chi connectivity index (χ3v) is 3.87. The van der Waals surface area contributed by atoms with E-state index in [1.54, 1.807) is 11.0 Å². The van der Waals surface area contributed by atoms with Crippen molar-refractivity contribution < 1.29 is 14.7 Å². The highest BCUT2D eigenvalue weighted by molar-refractivity contribution is 5.99. The number of carboxylic acid groups (broad SMARTS) is 1. The topological polar surface area (TPSA) is 83.6 Å². The van der Waals surface area contributed by atoms with Gasteiger partial charge in [-0.15, -0.1) is 0 Å². The van der Waals surface area contributed by atoms with Crippen LogP contribution in [0.1, 0.15) is 37.0 Å². The zero-order valence-corrected chi connectivity index (χ0v) is 11.8. The molecule has 1 atom stereocenters. The molecule has 0 saturated heterocycles. The second-order valence-electron chi connectivity index (χ2n) is 5.29. The van der Waals surface area contributed by atoms with E-state index in [2.05, 4.69) is 0 Å². The highest BCUT2D eigenvalue weighted by Gasteiger charge is 2.35. The fourth-order valence-corrected chi connectivity index (χ4v) is 2.42. The SMILES string of the molecule is CCN(C(=O)C(C)C1CC1)c1ccc(C(=O)O)cc1N. The zero-order chi connectivity index (χ0) is 14.9. The quantitative estimate of drug-likeness (QED) is 0.809. The lowest BCUT2D eigenvalue weighted by Gasteiger charge is -2.26. The van der Waals surface area contributed by atoms with Crippen LogP contribution in [0, 0.1) is 11.8 Å². The van der Waals surface area contributed by atoms with Crippen LogP contribution in [-0.4, -0.2) is 23.5 Å². The second kappa shape index (κ2) is 5.53. The lowest BCUT2D eigenvalue weighted by molar-refractivity contribution is -0.122. The number of carbonyl (C=O) groups is 2. The first-order valence-electron chi connectivity index (χ1n) is 6.89. The number of anilines is 2. The van der Waals surface area contributed by atoms with Gasteiger partial charge in [-0.25, -0.2) is 4.79 Å². The van der Waals surface area contributed by atoms with Crippen LogP contribution in [-0.2, 0) is 4.79 Å². The molecule has 0 radical (unpaired) electrons. The first-order chi connectivity index (χ1) is 9.45. The summed E-state index contributed by atoms with van der Waals surface area (Å²) in [7, 11) is 0. The van der Waals surface area contributed by atoms with E-state index in [4.69, 9.17) is 10.8 Å². The summed E-state index contributed by atoms with van der Waals surface area (Å²) in [6, 6.07) is 4.49. The molecule has 5 nitrogen and oxygen atoms in total. The summed E-state index contributed by atoms with van der Waals surface area (Å²) in [4.78, 5) is 25.0. The van der Waals surface area contributed by atoms with E-state index in [0.29, 0.717) is 23.8 Å². The Morgan fingerprint density at radius 2 is 2.10 bits per heavy atom. The van der Waals surface area contributed by atoms with Crippen LogP contribution in [0.25, 0.3) is 0 Å². The Kier molecular flexibility index (Phi) is 3.97. The number of hydrogen-bond acceptors (Lipinski definition) is 3. The normalized spacial score (nSPS) is 15.7.